The summed E-state index contributed by atoms with van der Waals surface area (Å²) in [5, 5.41) is 0.594. The standard InChI is InChI=1S/C14H15O3P/c1-16-13-10-6-7-11-14(13)18(2,15)17-12-8-4-3-5-9-12/h3-11H,1-2H3. The van der Waals surface area contributed by atoms with E-state index in [0.29, 0.717) is 16.8 Å². The van der Waals surface area contributed by atoms with Crippen LogP contribution in [-0.4, -0.2) is 13.8 Å². The number of para-hydroxylation sites is 2. The largest absolute Gasteiger partial charge is 0.496 e. The first kappa shape index (κ1) is 12.7. The van der Waals surface area contributed by atoms with Crippen LogP contribution >= 0.6 is 7.37 Å². The van der Waals surface area contributed by atoms with Gasteiger partial charge < -0.3 is 9.26 Å². The lowest BCUT2D eigenvalue weighted by Crippen LogP contribution is -2.11. The summed E-state index contributed by atoms with van der Waals surface area (Å²) in [5.74, 6) is 1.17. The van der Waals surface area contributed by atoms with Crippen molar-refractivity contribution in [1.82, 2.24) is 0 Å². The van der Waals surface area contributed by atoms with Crippen molar-refractivity contribution in [3.8, 4) is 11.5 Å². The van der Waals surface area contributed by atoms with Crippen LogP contribution in [0.4, 0.5) is 0 Å². The Balaban J connectivity index is 2.34. The Labute approximate surface area is 107 Å². The van der Waals surface area contributed by atoms with Gasteiger partial charge in [-0.1, -0.05) is 30.3 Å². The summed E-state index contributed by atoms with van der Waals surface area (Å²) in [6, 6.07) is 16.3. The molecule has 1 unspecified atom stereocenters. The lowest BCUT2D eigenvalue weighted by Gasteiger charge is -2.17. The van der Waals surface area contributed by atoms with Gasteiger partial charge in [0, 0.05) is 6.66 Å². The molecule has 4 heteroatoms. The van der Waals surface area contributed by atoms with E-state index in [4.69, 9.17) is 9.26 Å². The second-order valence-corrected chi connectivity index (χ2v) is 6.28. The van der Waals surface area contributed by atoms with E-state index >= 15 is 0 Å². The Morgan fingerprint density at radius 1 is 0.944 bits per heavy atom. The molecule has 2 aromatic rings. The summed E-state index contributed by atoms with van der Waals surface area (Å²) in [6.07, 6.45) is 0. The van der Waals surface area contributed by atoms with Gasteiger partial charge in [0.15, 0.2) is 0 Å². The van der Waals surface area contributed by atoms with E-state index < -0.39 is 7.37 Å². The molecule has 0 spiro atoms. The van der Waals surface area contributed by atoms with Crippen LogP contribution in [0.2, 0.25) is 0 Å². The van der Waals surface area contributed by atoms with Crippen LogP contribution < -0.4 is 14.6 Å². The minimum atomic E-state index is -2.95. The summed E-state index contributed by atoms with van der Waals surface area (Å²) in [7, 11) is -1.39. The first-order valence-electron chi connectivity index (χ1n) is 5.59. The van der Waals surface area contributed by atoms with Gasteiger partial charge in [0.2, 0.25) is 0 Å². The van der Waals surface area contributed by atoms with Crippen LogP contribution in [0.1, 0.15) is 0 Å². The van der Waals surface area contributed by atoms with Gasteiger partial charge in [-0.3, -0.25) is 4.57 Å². The third-order valence-electron chi connectivity index (χ3n) is 2.55. The number of benzene rings is 2. The second-order valence-electron chi connectivity index (χ2n) is 3.92. The zero-order valence-corrected chi connectivity index (χ0v) is 11.3. The maximum Gasteiger partial charge on any atom is 0.277 e. The lowest BCUT2D eigenvalue weighted by molar-refractivity contribution is 0.416. The highest BCUT2D eigenvalue weighted by Gasteiger charge is 2.24. The summed E-state index contributed by atoms with van der Waals surface area (Å²) in [4.78, 5) is 0. The highest BCUT2D eigenvalue weighted by molar-refractivity contribution is 7.66. The minimum Gasteiger partial charge on any atom is -0.496 e. The molecule has 94 valence electrons. The van der Waals surface area contributed by atoms with E-state index in [0.717, 1.165) is 0 Å². The molecule has 0 aliphatic heterocycles. The van der Waals surface area contributed by atoms with Gasteiger partial charge in [0.25, 0.3) is 7.37 Å². The van der Waals surface area contributed by atoms with Gasteiger partial charge in [-0.05, 0) is 24.3 Å². The molecular weight excluding hydrogens is 247 g/mol. The Hall–Kier alpha value is -1.73. The van der Waals surface area contributed by atoms with Crippen molar-refractivity contribution in [2.45, 2.75) is 0 Å². The normalized spacial score (nSPS) is 13.7. The molecular formula is C14H15O3P. The van der Waals surface area contributed by atoms with Crippen LogP contribution in [0.5, 0.6) is 11.5 Å². The van der Waals surface area contributed by atoms with Crippen LogP contribution in [0.15, 0.2) is 54.6 Å². The predicted octanol–water partition coefficient (Wildman–Crippen LogP) is 3.31. The zero-order valence-electron chi connectivity index (χ0n) is 10.4. The van der Waals surface area contributed by atoms with Gasteiger partial charge in [-0.25, -0.2) is 0 Å². The fourth-order valence-electron chi connectivity index (χ4n) is 1.70. The fraction of sp³-hybridized carbons (Fsp3) is 0.143. The van der Waals surface area contributed by atoms with Crippen molar-refractivity contribution in [3.05, 3.63) is 54.6 Å². The number of methoxy groups -OCH3 is 1. The second kappa shape index (κ2) is 5.28. The predicted molar refractivity (Wildman–Crippen MR) is 73.2 cm³/mol. The SMILES string of the molecule is COc1ccccc1P(C)(=O)Oc1ccccc1. The van der Waals surface area contributed by atoms with E-state index in [1.807, 2.05) is 30.3 Å². The van der Waals surface area contributed by atoms with Crippen molar-refractivity contribution in [1.29, 1.82) is 0 Å². The maximum absolute atomic E-state index is 12.7. The van der Waals surface area contributed by atoms with Crippen LogP contribution in [0.25, 0.3) is 0 Å². The van der Waals surface area contributed by atoms with E-state index in [1.54, 1.807) is 38.0 Å². The molecule has 0 bridgehead atoms. The molecule has 1 atom stereocenters. The maximum atomic E-state index is 12.7. The molecule has 0 aliphatic rings. The Morgan fingerprint density at radius 2 is 1.56 bits per heavy atom. The van der Waals surface area contributed by atoms with Gasteiger partial charge in [-0.2, -0.15) is 0 Å². The number of rotatable bonds is 4. The molecule has 2 rings (SSSR count). The number of ether oxygens (including phenoxy) is 1. The van der Waals surface area contributed by atoms with Gasteiger partial charge in [-0.15, -0.1) is 0 Å². The Bertz CT molecular complexity index is 566. The topological polar surface area (TPSA) is 35.5 Å². The third kappa shape index (κ3) is 2.74. The molecule has 0 heterocycles. The van der Waals surface area contributed by atoms with E-state index in [1.165, 1.54) is 0 Å². The van der Waals surface area contributed by atoms with Crippen molar-refractivity contribution in [2.75, 3.05) is 13.8 Å². The van der Waals surface area contributed by atoms with E-state index in [2.05, 4.69) is 0 Å². The summed E-state index contributed by atoms with van der Waals surface area (Å²) < 4.78 is 23.5. The number of hydrogen-bond acceptors (Lipinski definition) is 3. The van der Waals surface area contributed by atoms with Gasteiger partial charge >= 0.3 is 0 Å². The molecule has 2 aromatic carbocycles. The average Bonchev–Trinajstić information content (AvgIpc) is 2.39. The van der Waals surface area contributed by atoms with Crippen LogP contribution in [0.3, 0.4) is 0 Å². The Kier molecular flexibility index (Phi) is 3.73. The van der Waals surface area contributed by atoms with Gasteiger partial charge in [0.05, 0.1) is 12.4 Å². The van der Waals surface area contributed by atoms with E-state index in [-0.39, 0.29) is 0 Å². The van der Waals surface area contributed by atoms with Crippen LogP contribution in [0, 0.1) is 0 Å². The average molecular weight is 262 g/mol. The van der Waals surface area contributed by atoms with Crippen molar-refractivity contribution in [2.24, 2.45) is 0 Å². The Morgan fingerprint density at radius 3 is 2.22 bits per heavy atom. The zero-order chi connectivity index (χ0) is 13.0. The molecule has 0 saturated heterocycles. The molecule has 0 fully saturated rings. The molecule has 3 nitrogen and oxygen atoms in total. The lowest BCUT2D eigenvalue weighted by atomic mass is 10.3. The summed E-state index contributed by atoms with van der Waals surface area (Å²) >= 11 is 0. The molecule has 0 N–H and O–H groups in total. The minimum absolute atomic E-state index is 0.583. The molecule has 0 radical (unpaired) electrons. The van der Waals surface area contributed by atoms with E-state index in [9.17, 15) is 4.57 Å². The van der Waals surface area contributed by atoms with Crippen molar-refractivity contribution >= 4 is 12.7 Å². The summed E-state index contributed by atoms with van der Waals surface area (Å²) in [5.41, 5.74) is 0. The quantitative estimate of drug-likeness (QED) is 0.793. The summed E-state index contributed by atoms with van der Waals surface area (Å²) in [6.45, 7) is 1.60. The highest BCUT2D eigenvalue weighted by atomic mass is 31.2. The molecule has 0 aliphatic carbocycles. The van der Waals surface area contributed by atoms with Crippen LogP contribution in [-0.2, 0) is 4.57 Å². The first-order chi connectivity index (χ1) is 8.63. The van der Waals surface area contributed by atoms with Crippen molar-refractivity contribution < 1.29 is 13.8 Å². The monoisotopic (exact) mass is 262 g/mol. The third-order valence-corrected chi connectivity index (χ3v) is 4.35. The molecule has 18 heavy (non-hydrogen) atoms. The fourth-order valence-corrected chi connectivity index (χ4v) is 3.24. The number of hydrogen-bond donors (Lipinski definition) is 0. The van der Waals surface area contributed by atoms with Crippen molar-refractivity contribution in [3.63, 3.8) is 0 Å². The molecule has 0 amide bonds. The molecule has 0 aromatic heterocycles. The first-order valence-corrected chi connectivity index (χ1v) is 7.66. The van der Waals surface area contributed by atoms with Gasteiger partial charge in [0.1, 0.15) is 11.5 Å². The smallest absolute Gasteiger partial charge is 0.277 e. The molecule has 0 saturated carbocycles. The highest BCUT2D eigenvalue weighted by Crippen LogP contribution is 2.44.